The summed E-state index contributed by atoms with van der Waals surface area (Å²) >= 11 is 0. The van der Waals surface area contributed by atoms with Crippen LogP contribution in [0.4, 0.5) is 22.7 Å². The fraction of sp³-hybridized carbons (Fsp3) is 0.429. The monoisotopic (exact) mass is 995 g/mol. The molecule has 0 aliphatic rings. The number of benzene rings is 4. The van der Waals surface area contributed by atoms with Crippen molar-refractivity contribution in [3.8, 4) is 0 Å². The molecule has 364 valence electrons. The summed E-state index contributed by atoms with van der Waals surface area (Å²) in [5.41, 5.74) is 14.8. The molecule has 0 bridgehead atoms. The van der Waals surface area contributed by atoms with Crippen LogP contribution in [0.25, 0.3) is 0 Å². The summed E-state index contributed by atoms with van der Waals surface area (Å²) in [6, 6.07) is 31.5. The highest BCUT2D eigenvalue weighted by Gasteiger charge is 2.13. The normalized spacial score (nSPS) is 11.0. The molecule has 0 aliphatic carbocycles. The van der Waals surface area contributed by atoms with Crippen LogP contribution in [-0.4, -0.2) is 99.6 Å². The highest BCUT2D eigenvalue weighted by Crippen LogP contribution is 2.39. The van der Waals surface area contributed by atoms with E-state index in [0.717, 1.165) is 55.2 Å². The third-order valence-corrected chi connectivity index (χ3v) is 14.6. The van der Waals surface area contributed by atoms with Crippen LogP contribution in [0.2, 0.25) is 0 Å². The number of carbonyl (C=O) groups excluding carboxylic acids is 4. The van der Waals surface area contributed by atoms with Gasteiger partial charge < -0.3 is 51.1 Å². The molecule has 0 saturated heterocycles. The lowest BCUT2D eigenvalue weighted by Gasteiger charge is -2.21. The fourth-order valence-corrected chi connectivity index (χ4v) is 9.87. The molecule has 0 fully saturated rings. The molecule has 4 aromatic carbocycles. The van der Waals surface area contributed by atoms with Crippen molar-refractivity contribution in [3.63, 3.8) is 0 Å². The van der Waals surface area contributed by atoms with Crippen molar-refractivity contribution in [1.82, 2.24) is 4.90 Å². The van der Waals surface area contributed by atoms with Crippen LogP contribution < -0.4 is 22.1 Å². The van der Waals surface area contributed by atoms with Gasteiger partial charge in [0.15, 0.2) is 0 Å². The smallest absolute Gasteiger partial charge is 0.307 e. The zero-order chi connectivity index (χ0) is 47.7. The summed E-state index contributed by atoms with van der Waals surface area (Å²) in [6.45, 7) is 3.52. The van der Waals surface area contributed by atoms with Crippen LogP contribution >= 0.6 is 43.2 Å². The van der Waals surface area contributed by atoms with Crippen molar-refractivity contribution in [2.45, 2.75) is 90.2 Å². The van der Waals surface area contributed by atoms with Crippen LogP contribution in [0.3, 0.4) is 0 Å². The van der Waals surface area contributed by atoms with E-state index in [0.29, 0.717) is 64.8 Å². The molecular weight excluding hydrogens is 931 g/mol. The van der Waals surface area contributed by atoms with Crippen LogP contribution in [0.5, 0.6) is 0 Å². The molecule has 7 N–H and O–H groups in total. The number of hydrogen-bond acceptors (Lipinski definition) is 18. The molecule has 0 unspecified atom stereocenters. The standard InChI is InChI=1S/C49H65N5O9S4/c50-38-8-16-42(17-9-38)64-66-44-20-12-40(13-21-44)52-28-24-46(56)60-34-4-6-36-62-48(58)26-31-54(30-2-1-3-33-55)32-27-49(59)63-37-7-5-35-61-47(57)25-29-53-41-14-22-45(23-15-41)67-65-43-18-10-39(51)11-19-43/h8-23,52-53,55H,1-7,24-37,50-51H2. The molecule has 18 heteroatoms. The number of nitrogens with zero attached hydrogens (tertiary/aromatic N) is 1. The Morgan fingerprint density at radius 2 is 0.761 bits per heavy atom. The van der Waals surface area contributed by atoms with Gasteiger partial charge in [-0.1, -0.05) is 43.2 Å². The third-order valence-electron chi connectivity index (χ3n) is 9.78. The minimum absolute atomic E-state index is 0.120. The van der Waals surface area contributed by atoms with Gasteiger partial charge in [0, 0.05) is 75.1 Å². The number of esters is 4. The first-order valence-corrected chi connectivity index (χ1v) is 27.0. The summed E-state index contributed by atoms with van der Waals surface area (Å²) in [5, 5.41) is 15.7. The maximum atomic E-state index is 12.5. The number of unbranched alkanes of at least 4 members (excludes halogenated alkanes) is 4. The molecule has 0 spiro atoms. The third kappa shape index (κ3) is 25.8. The summed E-state index contributed by atoms with van der Waals surface area (Å²) < 4.78 is 21.5. The van der Waals surface area contributed by atoms with Crippen molar-refractivity contribution < 1.29 is 43.2 Å². The Labute approximate surface area is 410 Å². The quantitative estimate of drug-likeness (QED) is 0.00956. The maximum absolute atomic E-state index is 12.5. The summed E-state index contributed by atoms with van der Waals surface area (Å²) in [7, 11) is 6.64. The average molecular weight is 996 g/mol. The molecule has 4 aromatic rings. The van der Waals surface area contributed by atoms with Crippen LogP contribution in [0, 0.1) is 0 Å². The zero-order valence-electron chi connectivity index (χ0n) is 38.0. The van der Waals surface area contributed by atoms with E-state index in [9.17, 15) is 19.2 Å². The maximum Gasteiger partial charge on any atom is 0.307 e. The molecule has 14 nitrogen and oxygen atoms in total. The average Bonchev–Trinajstić information content (AvgIpc) is 3.33. The number of aliphatic hydroxyl groups is 1. The summed E-state index contributed by atoms with van der Waals surface area (Å²) in [6.07, 6.45) is 5.45. The molecule has 0 saturated carbocycles. The first-order valence-electron chi connectivity index (χ1n) is 22.7. The van der Waals surface area contributed by atoms with E-state index in [1.165, 1.54) is 0 Å². The Bertz CT molecular complexity index is 1880. The summed E-state index contributed by atoms with van der Waals surface area (Å²) in [5.74, 6) is -1.25. The Morgan fingerprint density at radius 3 is 1.10 bits per heavy atom. The number of aliphatic hydroxyl groups excluding tert-OH is 1. The number of hydrogen-bond donors (Lipinski definition) is 5. The van der Waals surface area contributed by atoms with Crippen LogP contribution in [0.15, 0.2) is 117 Å². The first-order chi connectivity index (χ1) is 32.6. The van der Waals surface area contributed by atoms with Crippen molar-refractivity contribution in [2.75, 3.05) is 87.9 Å². The van der Waals surface area contributed by atoms with E-state index in [1.807, 2.05) is 102 Å². The minimum atomic E-state index is -0.332. The van der Waals surface area contributed by atoms with Gasteiger partial charge in [-0.2, -0.15) is 0 Å². The van der Waals surface area contributed by atoms with Crippen molar-refractivity contribution in [2.24, 2.45) is 0 Å². The predicted molar refractivity (Wildman–Crippen MR) is 273 cm³/mol. The van der Waals surface area contributed by atoms with E-state index in [2.05, 4.69) is 10.6 Å². The second kappa shape index (κ2) is 33.7. The van der Waals surface area contributed by atoms with Gasteiger partial charge in [-0.15, -0.1) is 0 Å². The lowest BCUT2D eigenvalue weighted by atomic mass is 10.2. The number of nitrogen functional groups attached to an aromatic ring is 2. The van der Waals surface area contributed by atoms with Gasteiger partial charge in [0.1, 0.15) is 0 Å². The molecule has 0 heterocycles. The van der Waals surface area contributed by atoms with Crippen molar-refractivity contribution >= 4 is 89.8 Å². The Kier molecular flexibility index (Phi) is 27.6. The SMILES string of the molecule is Nc1ccc(SSc2ccc(NCCC(=O)OCCCCOC(=O)CCN(CCCCCO)CCC(=O)OCCCCOC(=O)CCNc3ccc(SSc4ccc(N)cc4)cc3)cc2)cc1. The number of rotatable bonds is 35. The number of anilines is 4. The van der Waals surface area contributed by atoms with Crippen molar-refractivity contribution in [3.05, 3.63) is 97.1 Å². The van der Waals surface area contributed by atoms with Gasteiger partial charge in [-0.05, 0) is 149 Å². The minimum Gasteiger partial charge on any atom is -0.466 e. The number of nitrogens with two attached hydrogens (primary N) is 2. The molecule has 0 amide bonds. The van der Waals surface area contributed by atoms with E-state index >= 15 is 0 Å². The van der Waals surface area contributed by atoms with Gasteiger partial charge in [0.25, 0.3) is 0 Å². The second-order valence-electron chi connectivity index (χ2n) is 15.3. The van der Waals surface area contributed by atoms with E-state index in [-0.39, 0.29) is 82.6 Å². The topological polar surface area (TPSA) is 205 Å². The molecule has 4 rings (SSSR count). The molecular formula is C49H65N5O9S4. The van der Waals surface area contributed by atoms with Gasteiger partial charge in [0.2, 0.25) is 0 Å². The van der Waals surface area contributed by atoms with Gasteiger partial charge in [-0.3, -0.25) is 19.2 Å². The second-order valence-corrected chi connectivity index (χ2v) is 19.8. The molecule has 0 atom stereocenters. The van der Waals surface area contributed by atoms with E-state index in [4.69, 9.17) is 35.5 Å². The lowest BCUT2D eigenvalue weighted by Crippen LogP contribution is -2.30. The van der Waals surface area contributed by atoms with Crippen LogP contribution in [0.1, 0.15) is 70.6 Å². The molecule has 0 aromatic heterocycles. The first kappa shape index (κ1) is 54.9. The Hall–Kier alpha value is -4.72. The highest BCUT2D eigenvalue weighted by atomic mass is 33.1. The van der Waals surface area contributed by atoms with E-state index < -0.39 is 0 Å². The highest BCUT2D eigenvalue weighted by molar-refractivity contribution is 8.77. The number of ether oxygens (including phenoxy) is 4. The van der Waals surface area contributed by atoms with Crippen molar-refractivity contribution in [1.29, 1.82) is 0 Å². The number of nitrogens with one attached hydrogen (secondary N) is 2. The van der Waals surface area contributed by atoms with Crippen LogP contribution in [-0.2, 0) is 38.1 Å². The van der Waals surface area contributed by atoms with Gasteiger partial charge >= 0.3 is 23.9 Å². The lowest BCUT2D eigenvalue weighted by molar-refractivity contribution is -0.146. The zero-order valence-corrected chi connectivity index (χ0v) is 41.3. The number of carbonyl (C=O) groups is 4. The Balaban J connectivity index is 0.963. The molecule has 0 radical (unpaired) electrons. The Morgan fingerprint density at radius 1 is 0.433 bits per heavy atom. The molecule has 67 heavy (non-hydrogen) atoms. The summed E-state index contributed by atoms with van der Waals surface area (Å²) in [4.78, 5) is 55.9. The largest absolute Gasteiger partial charge is 0.466 e. The predicted octanol–water partition coefficient (Wildman–Crippen LogP) is 9.73. The fourth-order valence-electron chi connectivity index (χ4n) is 6.01. The van der Waals surface area contributed by atoms with Gasteiger partial charge in [-0.25, -0.2) is 0 Å². The molecule has 0 aliphatic heterocycles. The van der Waals surface area contributed by atoms with Gasteiger partial charge in [0.05, 0.1) is 52.1 Å². The van der Waals surface area contributed by atoms with E-state index in [1.54, 1.807) is 43.2 Å².